The van der Waals surface area contributed by atoms with Crippen LogP contribution in [0.3, 0.4) is 0 Å². The zero-order valence-electron chi connectivity index (χ0n) is 12.9. The average molecular weight is 300 g/mol. The lowest BCUT2D eigenvalue weighted by molar-refractivity contribution is -0.122. The summed E-state index contributed by atoms with van der Waals surface area (Å²) >= 11 is 0. The van der Waals surface area contributed by atoms with Crippen LogP contribution in [0.1, 0.15) is 29.7 Å². The molecular weight excluding hydrogens is 279 g/mol. The summed E-state index contributed by atoms with van der Waals surface area (Å²) in [6.07, 6.45) is 0. The molecule has 1 unspecified atom stereocenters. The summed E-state index contributed by atoms with van der Waals surface area (Å²) in [5, 5.41) is 6.01. The summed E-state index contributed by atoms with van der Waals surface area (Å²) in [5.41, 5.74) is 4.29. The second kappa shape index (κ2) is 7.59. The standard InChI is InChI=1S/C18H21FN2O/c1-13-6-5-8-15(10-13)14(2)21-17-9-4-3-7-16(17)12-20-18(22)11-19/h3-10,14,21H,11-12H2,1-2H3,(H,20,22). The van der Waals surface area contributed by atoms with Gasteiger partial charge < -0.3 is 10.6 Å². The summed E-state index contributed by atoms with van der Waals surface area (Å²) < 4.78 is 12.2. The van der Waals surface area contributed by atoms with Crippen molar-refractivity contribution in [3.63, 3.8) is 0 Å². The van der Waals surface area contributed by atoms with Crippen molar-refractivity contribution in [1.82, 2.24) is 5.32 Å². The highest BCUT2D eigenvalue weighted by Gasteiger charge is 2.09. The smallest absolute Gasteiger partial charge is 0.251 e. The molecule has 0 aliphatic heterocycles. The molecule has 1 amide bonds. The summed E-state index contributed by atoms with van der Waals surface area (Å²) in [7, 11) is 0. The van der Waals surface area contributed by atoms with E-state index in [0.29, 0.717) is 6.54 Å². The molecule has 0 saturated carbocycles. The minimum Gasteiger partial charge on any atom is -0.378 e. The van der Waals surface area contributed by atoms with Crippen molar-refractivity contribution in [2.45, 2.75) is 26.4 Å². The minimum absolute atomic E-state index is 0.137. The van der Waals surface area contributed by atoms with Gasteiger partial charge in [-0.05, 0) is 31.0 Å². The maximum Gasteiger partial charge on any atom is 0.251 e. The van der Waals surface area contributed by atoms with E-state index in [1.54, 1.807) is 0 Å². The molecule has 22 heavy (non-hydrogen) atoms. The summed E-state index contributed by atoms with van der Waals surface area (Å²) in [6, 6.07) is 16.2. The molecule has 0 fully saturated rings. The van der Waals surface area contributed by atoms with Crippen molar-refractivity contribution in [2.75, 3.05) is 12.0 Å². The van der Waals surface area contributed by atoms with Crippen LogP contribution >= 0.6 is 0 Å². The lowest BCUT2D eigenvalue weighted by atomic mass is 10.0. The molecule has 0 radical (unpaired) electrons. The van der Waals surface area contributed by atoms with Crippen molar-refractivity contribution in [2.24, 2.45) is 0 Å². The highest BCUT2D eigenvalue weighted by atomic mass is 19.1. The van der Waals surface area contributed by atoms with Gasteiger partial charge in [0, 0.05) is 18.3 Å². The zero-order chi connectivity index (χ0) is 15.9. The van der Waals surface area contributed by atoms with Crippen LogP contribution in [0.2, 0.25) is 0 Å². The topological polar surface area (TPSA) is 41.1 Å². The van der Waals surface area contributed by atoms with E-state index in [1.807, 2.05) is 30.3 Å². The van der Waals surface area contributed by atoms with Crippen molar-refractivity contribution >= 4 is 11.6 Å². The van der Waals surface area contributed by atoms with Crippen molar-refractivity contribution in [1.29, 1.82) is 0 Å². The first-order valence-electron chi connectivity index (χ1n) is 7.34. The van der Waals surface area contributed by atoms with Crippen LogP contribution in [-0.4, -0.2) is 12.6 Å². The third kappa shape index (κ3) is 4.32. The van der Waals surface area contributed by atoms with Gasteiger partial charge in [0.05, 0.1) is 0 Å². The van der Waals surface area contributed by atoms with Gasteiger partial charge in [-0.3, -0.25) is 4.79 Å². The van der Waals surface area contributed by atoms with Gasteiger partial charge in [0.15, 0.2) is 6.67 Å². The van der Waals surface area contributed by atoms with Gasteiger partial charge in [-0.1, -0.05) is 48.0 Å². The normalized spacial score (nSPS) is 11.8. The average Bonchev–Trinajstić information content (AvgIpc) is 2.53. The Morgan fingerprint density at radius 3 is 2.68 bits per heavy atom. The van der Waals surface area contributed by atoms with Gasteiger partial charge in [-0.2, -0.15) is 0 Å². The molecule has 4 heteroatoms. The molecule has 116 valence electrons. The molecular formula is C18H21FN2O. The fourth-order valence-corrected chi connectivity index (χ4v) is 2.31. The number of carbonyl (C=O) groups excluding carboxylic acids is 1. The Kier molecular flexibility index (Phi) is 5.53. The highest BCUT2D eigenvalue weighted by molar-refractivity contribution is 5.77. The molecule has 1 atom stereocenters. The zero-order valence-corrected chi connectivity index (χ0v) is 12.9. The maximum atomic E-state index is 12.2. The van der Waals surface area contributed by atoms with Crippen LogP contribution in [0.4, 0.5) is 10.1 Å². The van der Waals surface area contributed by atoms with Gasteiger partial charge in [0.25, 0.3) is 5.91 Å². The van der Waals surface area contributed by atoms with E-state index in [-0.39, 0.29) is 6.04 Å². The third-order valence-electron chi connectivity index (χ3n) is 3.53. The van der Waals surface area contributed by atoms with Gasteiger partial charge in [0.1, 0.15) is 0 Å². The summed E-state index contributed by atoms with van der Waals surface area (Å²) in [4.78, 5) is 11.1. The van der Waals surface area contributed by atoms with Crippen LogP contribution in [-0.2, 0) is 11.3 Å². The van der Waals surface area contributed by atoms with E-state index < -0.39 is 12.6 Å². The number of alkyl halides is 1. The van der Waals surface area contributed by atoms with Crippen LogP contribution in [0.15, 0.2) is 48.5 Å². The van der Waals surface area contributed by atoms with Crippen molar-refractivity contribution < 1.29 is 9.18 Å². The number of benzene rings is 2. The van der Waals surface area contributed by atoms with E-state index in [4.69, 9.17) is 0 Å². The second-order valence-electron chi connectivity index (χ2n) is 5.35. The molecule has 0 aromatic heterocycles. The molecule has 2 aromatic rings. The van der Waals surface area contributed by atoms with Crippen LogP contribution in [0.5, 0.6) is 0 Å². The molecule has 2 aromatic carbocycles. The molecule has 0 heterocycles. The largest absolute Gasteiger partial charge is 0.378 e. The van der Waals surface area contributed by atoms with E-state index in [9.17, 15) is 9.18 Å². The van der Waals surface area contributed by atoms with E-state index in [2.05, 4.69) is 42.7 Å². The Labute approximate surface area is 130 Å². The fourth-order valence-electron chi connectivity index (χ4n) is 2.31. The van der Waals surface area contributed by atoms with E-state index in [0.717, 1.165) is 11.3 Å². The Balaban J connectivity index is 2.10. The number of aryl methyl sites for hydroxylation is 1. The van der Waals surface area contributed by atoms with Crippen LogP contribution in [0, 0.1) is 6.92 Å². The first-order valence-corrected chi connectivity index (χ1v) is 7.34. The molecule has 0 aliphatic rings. The predicted molar refractivity (Wildman–Crippen MR) is 87.5 cm³/mol. The van der Waals surface area contributed by atoms with Gasteiger partial charge >= 0.3 is 0 Å². The molecule has 0 aliphatic carbocycles. The maximum absolute atomic E-state index is 12.2. The van der Waals surface area contributed by atoms with Gasteiger partial charge in [-0.25, -0.2) is 4.39 Å². The minimum atomic E-state index is -0.991. The number of nitrogens with one attached hydrogen (secondary N) is 2. The van der Waals surface area contributed by atoms with Gasteiger partial charge in [0.2, 0.25) is 0 Å². The molecule has 2 N–H and O–H groups in total. The number of rotatable bonds is 6. The Bertz CT molecular complexity index is 642. The lowest BCUT2D eigenvalue weighted by Crippen LogP contribution is -2.24. The SMILES string of the molecule is Cc1cccc(C(C)Nc2ccccc2CNC(=O)CF)c1. The Hall–Kier alpha value is -2.36. The van der Waals surface area contributed by atoms with Crippen molar-refractivity contribution in [3.8, 4) is 0 Å². The number of carbonyl (C=O) groups is 1. The predicted octanol–water partition coefficient (Wildman–Crippen LogP) is 3.75. The molecule has 0 spiro atoms. The monoisotopic (exact) mass is 300 g/mol. The van der Waals surface area contributed by atoms with E-state index >= 15 is 0 Å². The molecule has 3 nitrogen and oxygen atoms in total. The van der Waals surface area contributed by atoms with Gasteiger partial charge in [-0.15, -0.1) is 0 Å². The number of amides is 1. The van der Waals surface area contributed by atoms with Crippen LogP contribution < -0.4 is 10.6 Å². The Morgan fingerprint density at radius 2 is 1.95 bits per heavy atom. The number of hydrogen-bond donors (Lipinski definition) is 2. The molecule has 0 bridgehead atoms. The molecule has 0 saturated heterocycles. The van der Waals surface area contributed by atoms with Crippen molar-refractivity contribution in [3.05, 3.63) is 65.2 Å². The Morgan fingerprint density at radius 1 is 1.18 bits per heavy atom. The first kappa shape index (κ1) is 16.0. The van der Waals surface area contributed by atoms with Crippen LogP contribution in [0.25, 0.3) is 0 Å². The number of anilines is 1. The quantitative estimate of drug-likeness (QED) is 0.853. The second-order valence-corrected chi connectivity index (χ2v) is 5.35. The first-order chi connectivity index (χ1) is 10.6. The third-order valence-corrected chi connectivity index (χ3v) is 3.53. The highest BCUT2D eigenvalue weighted by Crippen LogP contribution is 2.23. The lowest BCUT2D eigenvalue weighted by Gasteiger charge is -2.19. The number of hydrogen-bond acceptors (Lipinski definition) is 2. The fraction of sp³-hybridized carbons (Fsp3) is 0.278. The van der Waals surface area contributed by atoms with E-state index in [1.165, 1.54) is 11.1 Å². The summed E-state index contributed by atoms with van der Waals surface area (Å²) in [5.74, 6) is -0.596. The number of para-hydroxylation sites is 1. The summed E-state index contributed by atoms with van der Waals surface area (Å²) in [6.45, 7) is 3.48. The number of halogens is 1. The molecule has 2 rings (SSSR count).